The van der Waals surface area contributed by atoms with Gasteiger partial charge in [-0.1, -0.05) is 22.0 Å². The number of rotatable bonds is 1. The van der Waals surface area contributed by atoms with Gasteiger partial charge in [-0.05, 0) is 57.9 Å². The van der Waals surface area contributed by atoms with E-state index in [0.29, 0.717) is 0 Å². The Bertz CT molecular complexity index is 456. The predicted molar refractivity (Wildman–Crippen MR) is 80.5 cm³/mol. The fourth-order valence-corrected chi connectivity index (χ4v) is 3.50. The van der Waals surface area contributed by atoms with Crippen molar-refractivity contribution in [3.05, 3.63) is 34.1 Å². The lowest BCUT2D eigenvalue weighted by atomic mass is 9.87. The van der Waals surface area contributed by atoms with Gasteiger partial charge in [-0.15, -0.1) is 0 Å². The summed E-state index contributed by atoms with van der Waals surface area (Å²) in [5, 5.41) is 0. The molecule has 1 aromatic rings. The predicted octanol–water partition coefficient (Wildman–Crippen LogP) is 3.85. The van der Waals surface area contributed by atoms with Gasteiger partial charge in [-0.25, -0.2) is 4.39 Å². The van der Waals surface area contributed by atoms with Gasteiger partial charge >= 0.3 is 0 Å². The maximum absolute atomic E-state index is 13.3. The van der Waals surface area contributed by atoms with Crippen molar-refractivity contribution >= 4 is 15.9 Å². The molecule has 2 rings (SSSR count). The molecule has 2 atom stereocenters. The van der Waals surface area contributed by atoms with Crippen LogP contribution >= 0.6 is 15.9 Å². The number of piperidine rings is 1. The number of benzene rings is 1. The quantitative estimate of drug-likeness (QED) is 0.848. The van der Waals surface area contributed by atoms with E-state index in [2.05, 4.69) is 41.6 Å². The Kier molecular flexibility index (Phi) is 4.33. The van der Waals surface area contributed by atoms with Crippen LogP contribution in [0, 0.1) is 5.82 Å². The molecule has 1 heterocycles. The molecule has 0 aliphatic carbocycles. The second-order valence-corrected chi connectivity index (χ2v) is 7.14. The Hall–Kier alpha value is -0.450. The molecular formula is C15H22BrFN2. The summed E-state index contributed by atoms with van der Waals surface area (Å²) in [6.07, 6.45) is 2.13. The van der Waals surface area contributed by atoms with Crippen molar-refractivity contribution in [3.63, 3.8) is 0 Å². The highest BCUT2D eigenvalue weighted by molar-refractivity contribution is 9.10. The van der Waals surface area contributed by atoms with E-state index in [1.165, 1.54) is 12.1 Å². The molecule has 1 fully saturated rings. The number of halogens is 2. The van der Waals surface area contributed by atoms with Crippen molar-refractivity contribution in [2.45, 2.75) is 51.2 Å². The highest BCUT2D eigenvalue weighted by Crippen LogP contribution is 2.38. The molecule has 0 spiro atoms. The van der Waals surface area contributed by atoms with Crippen LogP contribution in [0.3, 0.4) is 0 Å². The summed E-state index contributed by atoms with van der Waals surface area (Å²) >= 11 is 3.48. The topological polar surface area (TPSA) is 29.3 Å². The first-order valence-electron chi connectivity index (χ1n) is 6.78. The fourth-order valence-electron chi connectivity index (χ4n) is 2.92. The highest BCUT2D eigenvalue weighted by Gasteiger charge is 2.37. The van der Waals surface area contributed by atoms with E-state index in [4.69, 9.17) is 5.73 Å². The SMILES string of the molecule is CC(C)(C)N1CCCC(N)C1c1ccc(F)cc1Br. The molecule has 1 aliphatic heterocycles. The van der Waals surface area contributed by atoms with Gasteiger partial charge in [0.1, 0.15) is 5.82 Å². The van der Waals surface area contributed by atoms with Crippen LogP contribution < -0.4 is 5.73 Å². The molecule has 0 saturated carbocycles. The summed E-state index contributed by atoms with van der Waals surface area (Å²) < 4.78 is 14.1. The molecule has 1 saturated heterocycles. The van der Waals surface area contributed by atoms with E-state index in [0.717, 1.165) is 29.4 Å². The summed E-state index contributed by atoms with van der Waals surface area (Å²) in [4.78, 5) is 2.43. The van der Waals surface area contributed by atoms with Crippen LogP contribution in [-0.2, 0) is 0 Å². The average molecular weight is 329 g/mol. The largest absolute Gasteiger partial charge is 0.326 e. The maximum atomic E-state index is 13.3. The molecule has 2 nitrogen and oxygen atoms in total. The lowest BCUT2D eigenvalue weighted by Crippen LogP contribution is -2.53. The van der Waals surface area contributed by atoms with Gasteiger partial charge in [0, 0.05) is 16.1 Å². The third kappa shape index (κ3) is 3.18. The molecule has 2 unspecified atom stereocenters. The van der Waals surface area contributed by atoms with E-state index in [-0.39, 0.29) is 23.4 Å². The minimum atomic E-state index is -0.220. The normalized spacial score (nSPS) is 25.6. The van der Waals surface area contributed by atoms with Gasteiger partial charge in [0.05, 0.1) is 6.04 Å². The molecule has 1 aromatic carbocycles. The van der Waals surface area contributed by atoms with E-state index >= 15 is 0 Å². The standard InChI is InChI=1S/C15H22BrFN2/c1-15(2,3)19-8-4-5-13(18)14(19)11-7-6-10(17)9-12(11)16/h6-7,9,13-14H,4-5,8,18H2,1-3H3. The molecule has 2 N–H and O–H groups in total. The maximum Gasteiger partial charge on any atom is 0.124 e. The molecule has 0 amide bonds. The Labute approximate surface area is 123 Å². The van der Waals surface area contributed by atoms with E-state index in [9.17, 15) is 4.39 Å². The number of hydrogen-bond donors (Lipinski definition) is 1. The minimum Gasteiger partial charge on any atom is -0.326 e. The third-order valence-electron chi connectivity index (χ3n) is 3.82. The first-order chi connectivity index (χ1) is 8.80. The summed E-state index contributed by atoms with van der Waals surface area (Å²) in [5.74, 6) is -0.220. The zero-order valence-electron chi connectivity index (χ0n) is 11.8. The van der Waals surface area contributed by atoms with Crippen molar-refractivity contribution in [1.82, 2.24) is 4.90 Å². The van der Waals surface area contributed by atoms with Gasteiger partial charge in [-0.2, -0.15) is 0 Å². The Morgan fingerprint density at radius 1 is 1.37 bits per heavy atom. The van der Waals surface area contributed by atoms with E-state index in [1.807, 2.05) is 6.07 Å². The molecule has 106 valence electrons. The minimum absolute atomic E-state index is 0.0521. The monoisotopic (exact) mass is 328 g/mol. The van der Waals surface area contributed by atoms with Gasteiger partial charge in [0.15, 0.2) is 0 Å². The summed E-state index contributed by atoms with van der Waals surface area (Å²) in [5.41, 5.74) is 7.49. The van der Waals surface area contributed by atoms with E-state index < -0.39 is 0 Å². The smallest absolute Gasteiger partial charge is 0.124 e. The van der Waals surface area contributed by atoms with Gasteiger partial charge in [0.25, 0.3) is 0 Å². The Morgan fingerprint density at radius 3 is 2.63 bits per heavy atom. The fraction of sp³-hybridized carbons (Fsp3) is 0.600. The lowest BCUT2D eigenvalue weighted by Gasteiger charge is -2.47. The number of hydrogen-bond acceptors (Lipinski definition) is 2. The summed E-state index contributed by atoms with van der Waals surface area (Å²) in [6, 6.07) is 5.13. The first kappa shape index (κ1) is 14.9. The first-order valence-corrected chi connectivity index (χ1v) is 7.57. The van der Waals surface area contributed by atoms with Gasteiger partial charge in [0.2, 0.25) is 0 Å². The highest BCUT2D eigenvalue weighted by atomic mass is 79.9. The molecule has 4 heteroatoms. The molecule has 0 bridgehead atoms. The Morgan fingerprint density at radius 2 is 2.05 bits per heavy atom. The molecular weight excluding hydrogens is 307 g/mol. The third-order valence-corrected chi connectivity index (χ3v) is 4.51. The van der Waals surface area contributed by atoms with Crippen molar-refractivity contribution in [1.29, 1.82) is 0 Å². The van der Waals surface area contributed by atoms with Crippen LogP contribution in [0.2, 0.25) is 0 Å². The zero-order chi connectivity index (χ0) is 14.2. The van der Waals surface area contributed by atoms with E-state index in [1.54, 1.807) is 0 Å². The Balaban J connectivity index is 2.42. The van der Waals surface area contributed by atoms with Crippen LogP contribution in [0.25, 0.3) is 0 Å². The van der Waals surface area contributed by atoms with Crippen LogP contribution in [0.4, 0.5) is 4.39 Å². The number of nitrogens with two attached hydrogens (primary N) is 1. The lowest BCUT2D eigenvalue weighted by molar-refractivity contribution is 0.0380. The average Bonchev–Trinajstić information content (AvgIpc) is 2.28. The van der Waals surface area contributed by atoms with Gasteiger partial charge < -0.3 is 5.73 Å². The number of nitrogens with zero attached hydrogens (tertiary/aromatic N) is 1. The van der Waals surface area contributed by atoms with Crippen LogP contribution in [0.15, 0.2) is 22.7 Å². The molecule has 0 aromatic heterocycles. The molecule has 0 radical (unpaired) electrons. The summed E-state index contributed by atoms with van der Waals surface area (Å²) in [6.45, 7) is 7.64. The van der Waals surface area contributed by atoms with Crippen molar-refractivity contribution < 1.29 is 4.39 Å². The molecule has 19 heavy (non-hydrogen) atoms. The van der Waals surface area contributed by atoms with Crippen molar-refractivity contribution in [3.8, 4) is 0 Å². The van der Waals surface area contributed by atoms with Crippen LogP contribution in [0.5, 0.6) is 0 Å². The molecule has 1 aliphatic rings. The zero-order valence-corrected chi connectivity index (χ0v) is 13.4. The number of likely N-dealkylation sites (tertiary alicyclic amines) is 1. The van der Waals surface area contributed by atoms with Crippen molar-refractivity contribution in [2.24, 2.45) is 5.73 Å². The van der Waals surface area contributed by atoms with Crippen molar-refractivity contribution in [2.75, 3.05) is 6.54 Å². The van der Waals surface area contributed by atoms with Gasteiger partial charge in [-0.3, -0.25) is 4.90 Å². The second kappa shape index (κ2) is 5.51. The van der Waals surface area contributed by atoms with Crippen LogP contribution in [0.1, 0.15) is 45.2 Å². The summed E-state index contributed by atoms with van der Waals surface area (Å²) in [7, 11) is 0. The second-order valence-electron chi connectivity index (χ2n) is 6.28. The van der Waals surface area contributed by atoms with Crippen LogP contribution in [-0.4, -0.2) is 23.0 Å².